The number of quaternary nitrogens is 1. The summed E-state index contributed by atoms with van der Waals surface area (Å²) in [4.78, 5) is 25.4. The number of likely N-dealkylation sites (N-methyl/N-ethyl adjacent to an activating group) is 1. The molecule has 0 fully saturated rings. The first-order chi connectivity index (χ1) is 26.5. The monoisotopic (exact) mass is 801 g/mol. The molecule has 0 aliphatic rings. The SMILES string of the molecule is CCCCCCCC/C=C/CCCCCCCCCC(=O)N[C@@H](COP(=O)([O-])OCC[N+](C)(C)C)[C@H](O)CCCCCCCCCCCCCCCCCC. The maximum Gasteiger partial charge on any atom is 0.268 e. The first-order valence-electron chi connectivity index (χ1n) is 23.5. The summed E-state index contributed by atoms with van der Waals surface area (Å²) in [7, 11) is 1.31. The topological polar surface area (TPSA) is 108 Å². The number of hydrogen-bond donors (Lipinski definition) is 2. The summed E-state index contributed by atoms with van der Waals surface area (Å²) in [5.41, 5.74) is 0. The first kappa shape index (κ1) is 54.2. The van der Waals surface area contributed by atoms with Gasteiger partial charge in [-0.05, 0) is 38.5 Å². The average molecular weight is 801 g/mol. The van der Waals surface area contributed by atoms with E-state index in [1.165, 1.54) is 161 Å². The molecular weight excluding hydrogens is 707 g/mol. The van der Waals surface area contributed by atoms with Crippen LogP contribution in [0.3, 0.4) is 0 Å². The van der Waals surface area contributed by atoms with Gasteiger partial charge in [-0.25, -0.2) is 0 Å². The lowest BCUT2D eigenvalue weighted by Crippen LogP contribution is -2.46. The number of allylic oxidation sites excluding steroid dienone is 2. The number of aliphatic hydroxyl groups is 1. The fourth-order valence-corrected chi connectivity index (χ4v) is 7.70. The Hall–Kier alpha value is -0.760. The van der Waals surface area contributed by atoms with Crippen LogP contribution in [0.25, 0.3) is 0 Å². The minimum absolute atomic E-state index is 0.0133. The largest absolute Gasteiger partial charge is 0.756 e. The van der Waals surface area contributed by atoms with Crippen LogP contribution in [0.4, 0.5) is 0 Å². The Balaban J connectivity index is 4.32. The van der Waals surface area contributed by atoms with E-state index in [-0.39, 0.29) is 19.1 Å². The number of phosphoric acid groups is 1. The van der Waals surface area contributed by atoms with Gasteiger partial charge in [0, 0.05) is 6.42 Å². The predicted molar refractivity (Wildman–Crippen MR) is 233 cm³/mol. The van der Waals surface area contributed by atoms with Gasteiger partial charge in [-0.15, -0.1) is 0 Å². The van der Waals surface area contributed by atoms with E-state index in [1.807, 2.05) is 21.1 Å². The van der Waals surface area contributed by atoms with E-state index in [1.54, 1.807) is 0 Å². The van der Waals surface area contributed by atoms with Gasteiger partial charge >= 0.3 is 0 Å². The molecule has 0 aromatic carbocycles. The highest BCUT2D eigenvalue weighted by Gasteiger charge is 2.24. The van der Waals surface area contributed by atoms with E-state index in [0.29, 0.717) is 23.9 Å². The van der Waals surface area contributed by atoms with Gasteiger partial charge in [0.2, 0.25) is 5.91 Å². The average Bonchev–Trinajstić information content (AvgIpc) is 3.13. The van der Waals surface area contributed by atoms with Crippen LogP contribution in [0.1, 0.15) is 226 Å². The third-order valence-corrected chi connectivity index (χ3v) is 11.7. The van der Waals surface area contributed by atoms with Gasteiger partial charge in [-0.3, -0.25) is 9.36 Å². The van der Waals surface area contributed by atoms with Crippen molar-refractivity contribution in [3.8, 4) is 0 Å². The number of rotatable bonds is 43. The van der Waals surface area contributed by atoms with Crippen molar-refractivity contribution in [2.75, 3.05) is 40.9 Å². The Bertz CT molecular complexity index is 911. The molecule has 0 aliphatic heterocycles. The molecule has 0 bridgehead atoms. The van der Waals surface area contributed by atoms with Crippen molar-refractivity contribution in [2.24, 2.45) is 0 Å². The second kappa shape index (κ2) is 38.7. The van der Waals surface area contributed by atoms with Crippen LogP contribution in [0.15, 0.2) is 12.2 Å². The molecule has 0 rings (SSSR count). The van der Waals surface area contributed by atoms with Crippen LogP contribution in [0.5, 0.6) is 0 Å². The number of nitrogens with zero attached hydrogens (tertiary/aromatic N) is 1. The fourth-order valence-electron chi connectivity index (χ4n) is 6.98. The van der Waals surface area contributed by atoms with Crippen LogP contribution in [-0.4, -0.2) is 68.5 Å². The second-order valence-corrected chi connectivity index (χ2v) is 18.9. The van der Waals surface area contributed by atoms with Gasteiger partial charge in [0.1, 0.15) is 13.2 Å². The zero-order valence-electron chi connectivity index (χ0n) is 37.1. The molecule has 0 spiro atoms. The van der Waals surface area contributed by atoms with Crippen LogP contribution >= 0.6 is 7.82 Å². The van der Waals surface area contributed by atoms with Crippen molar-refractivity contribution < 1.29 is 32.9 Å². The van der Waals surface area contributed by atoms with Crippen molar-refractivity contribution >= 4 is 13.7 Å². The summed E-state index contributed by atoms with van der Waals surface area (Å²) in [5, 5.41) is 13.9. The van der Waals surface area contributed by atoms with Gasteiger partial charge in [0.25, 0.3) is 7.82 Å². The van der Waals surface area contributed by atoms with Crippen molar-refractivity contribution in [3.63, 3.8) is 0 Å². The number of aliphatic hydroxyl groups excluding tert-OH is 1. The molecule has 0 aromatic heterocycles. The molecule has 0 aromatic rings. The number of hydrogen-bond acceptors (Lipinski definition) is 6. The quantitative estimate of drug-likeness (QED) is 0.0275. The number of phosphoric ester groups is 1. The molecular formula is C46H93N2O6P. The molecule has 1 unspecified atom stereocenters. The number of carbonyl (C=O) groups excluding carboxylic acids is 1. The lowest BCUT2D eigenvalue weighted by molar-refractivity contribution is -0.870. The predicted octanol–water partition coefficient (Wildman–Crippen LogP) is 12.5. The molecule has 0 heterocycles. The Morgan fingerprint density at radius 3 is 1.42 bits per heavy atom. The molecule has 55 heavy (non-hydrogen) atoms. The smallest absolute Gasteiger partial charge is 0.268 e. The zero-order chi connectivity index (χ0) is 40.7. The molecule has 0 saturated carbocycles. The molecule has 328 valence electrons. The van der Waals surface area contributed by atoms with Crippen LogP contribution in [-0.2, 0) is 18.4 Å². The Morgan fingerprint density at radius 1 is 0.618 bits per heavy atom. The molecule has 1 amide bonds. The number of carbonyl (C=O) groups is 1. The maximum atomic E-state index is 12.9. The summed E-state index contributed by atoms with van der Waals surface area (Å²) in [6.45, 7) is 4.73. The van der Waals surface area contributed by atoms with E-state index in [9.17, 15) is 19.4 Å². The molecule has 9 heteroatoms. The lowest BCUT2D eigenvalue weighted by Gasteiger charge is -2.30. The van der Waals surface area contributed by atoms with Gasteiger partial charge in [-0.1, -0.05) is 193 Å². The van der Waals surface area contributed by atoms with E-state index < -0.39 is 20.0 Å². The normalized spacial score (nSPS) is 14.4. The summed E-state index contributed by atoms with van der Waals surface area (Å²) in [6.07, 6.45) is 43.5. The van der Waals surface area contributed by atoms with Crippen molar-refractivity contribution in [2.45, 2.75) is 238 Å². The molecule has 0 radical (unpaired) electrons. The van der Waals surface area contributed by atoms with Gasteiger partial charge in [0.05, 0.1) is 39.9 Å². The summed E-state index contributed by atoms with van der Waals surface area (Å²) in [6, 6.07) is -0.798. The fraction of sp³-hybridized carbons (Fsp3) is 0.935. The van der Waals surface area contributed by atoms with Crippen LogP contribution in [0, 0.1) is 0 Å². The van der Waals surface area contributed by atoms with E-state index in [2.05, 4.69) is 31.3 Å². The summed E-state index contributed by atoms with van der Waals surface area (Å²) >= 11 is 0. The Morgan fingerprint density at radius 2 is 1.00 bits per heavy atom. The Kier molecular flexibility index (Phi) is 38.2. The minimum Gasteiger partial charge on any atom is -0.756 e. The molecule has 0 aliphatic carbocycles. The summed E-state index contributed by atoms with van der Waals surface area (Å²) in [5.74, 6) is -0.168. The van der Waals surface area contributed by atoms with Crippen LogP contribution < -0.4 is 10.2 Å². The third-order valence-electron chi connectivity index (χ3n) is 10.8. The second-order valence-electron chi connectivity index (χ2n) is 17.5. The number of amides is 1. The van der Waals surface area contributed by atoms with Crippen LogP contribution in [0.2, 0.25) is 0 Å². The maximum absolute atomic E-state index is 12.9. The van der Waals surface area contributed by atoms with Gasteiger partial charge in [-0.2, -0.15) is 0 Å². The van der Waals surface area contributed by atoms with Gasteiger partial charge < -0.3 is 28.8 Å². The third kappa shape index (κ3) is 41.2. The standard InChI is InChI=1S/C46H93N2O6P/c1-6-8-10-12-14-16-18-20-22-24-26-28-30-32-34-36-38-40-46(50)47-44(43-54-55(51,52)53-42-41-48(3,4)5)45(49)39-37-35-33-31-29-27-25-23-21-19-17-15-13-11-9-7-2/h20,22,44-45,49H,6-19,21,23-43H2,1-5H3,(H-,47,50,51,52)/b22-20+/t44-,45+/m0/s1. The van der Waals surface area contributed by atoms with Crippen molar-refractivity contribution in [1.82, 2.24) is 5.32 Å². The highest BCUT2D eigenvalue weighted by molar-refractivity contribution is 7.45. The number of nitrogens with one attached hydrogen (secondary N) is 1. The highest BCUT2D eigenvalue weighted by Crippen LogP contribution is 2.38. The van der Waals surface area contributed by atoms with E-state index in [4.69, 9.17) is 9.05 Å². The first-order valence-corrected chi connectivity index (χ1v) is 25.0. The molecule has 3 atom stereocenters. The Labute approximate surface area is 342 Å². The minimum atomic E-state index is -4.56. The molecule has 8 nitrogen and oxygen atoms in total. The highest BCUT2D eigenvalue weighted by atomic mass is 31.2. The number of unbranched alkanes of at least 4 members (excludes halogenated alkanes) is 28. The van der Waals surface area contributed by atoms with Crippen molar-refractivity contribution in [3.05, 3.63) is 12.2 Å². The molecule has 2 N–H and O–H groups in total. The summed E-state index contributed by atoms with van der Waals surface area (Å²) < 4.78 is 23.3. The van der Waals surface area contributed by atoms with E-state index >= 15 is 0 Å². The van der Waals surface area contributed by atoms with Gasteiger partial charge in [0.15, 0.2) is 0 Å². The lowest BCUT2D eigenvalue weighted by atomic mass is 10.0. The van der Waals surface area contributed by atoms with E-state index in [0.717, 1.165) is 38.5 Å². The molecule has 0 saturated heterocycles. The van der Waals surface area contributed by atoms with Crippen molar-refractivity contribution in [1.29, 1.82) is 0 Å². The zero-order valence-corrected chi connectivity index (χ0v) is 38.0.